The van der Waals surface area contributed by atoms with Crippen molar-refractivity contribution >= 4 is 29.9 Å². The Balaban J connectivity index is 0.00000300. The molecule has 0 bridgehead atoms. The molecule has 158 valence electrons. The SMILES string of the molecule is I.NC(=NCc1ccc2c(c1)OCCCO2)NCc1ccc(OC(F)(F)F)cc1. The summed E-state index contributed by atoms with van der Waals surface area (Å²) < 4.78 is 51.5. The molecule has 3 N–H and O–H groups in total. The molecule has 0 spiro atoms. The Hall–Kier alpha value is -2.37. The van der Waals surface area contributed by atoms with Gasteiger partial charge >= 0.3 is 6.36 Å². The van der Waals surface area contributed by atoms with E-state index in [1.54, 1.807) is 0 Å². The van der Waals surface area contributed by atoms with E-state index < -0.39 is 6.36 Å². The van der Waals surface area contributed by atoms with E-state index in [9.17, 15) is 13.2 Å². The lowest BCUT2D eigenvalue weighted by molar-refractivity contribution is -0.274. The molecule has 0 unspecified atom stereocenters. The highest BCUT2D eigenvalue weighted by Crippen LogP contribution is 2.30. The van der Waals surface area contributed by atoms with Crippen molar-refractivity contribution in [3.63, 3.8) is 0 Å². The minimum atomic E-state index is -4.70. The number of fused-ring (bicyclic) bond motifs is 1. The number of aliphatic imine (C=N–C) groups is 1. The fraction of sp³-hybridized carbons (Fsp3) is 0.316. The first kappa shape index (κ1) is 22.9. The van der Waals surface area contributed by atoms with Crippen LogP contribution in [0.3, 0.4) is 0 Å². The maximum absolute atomic E-state index is 12.2. The molecule has 2 aromatic carbocycles. The summed E-state index contributed by atoms with van der Waals surface area (Å²) in [5.41, 5.74) is 7.51. The van der Waals surface area contributed by atoms with Crippen molar-refractivity contribution in [2.45, 2.75) is 25.9 Å². The molecule has 2 aromatic rings. The van der Waals surface area contributed by atoms with Crippen LogP contribution in [0.15, 0.2) is 47.5 Å². The smallest absolute Gasteiger partial charge is 0.490 e. The number of nitrogens with zero attached hydrogens (tertiary/aromatic N) is 1. The second-order valence-corrected chi connectivity index (χ2v) is 6.08. The first-order valence-corrected chi connectivity index (χ1v) is 8.66. The summed E-state index contributed by atoms with van der Waals surface area (Å²) in [6, 6.07) is 11.1. The second kappa shape index (κ2) is 10.4. The lowest BCUT2D eigenvalue weighted by Crippen LogP contribution is -2.31. The van der Waals surface area contributed by atoms with E-state index in [0.29, 0.717) is 37.8 Å². The Morgan fingerprint density at radius 3 is 2.38 bits per heavy atom. The largest absolute Gasteiger partial charge is 0.573 e. The molecule has 1 aliphatic rings. The van der Waals surface area contributed by atoms with Crippen molar-refractivity contribution < 1.29 is 27.4 Å². The summed E-state index contributed by atoms with van der Waals surface area (Å²) in [5, 5.41) is 2.92. The van der Waals surface area contributed by atoms with Gasteiger partial charge in [-0.05, 0) is 35.4 Å². The highest BCUT2D eigenvalue weighted by Gasteiger charge is 2.30. The van der Waals surface area contributed by atoms with Crippen LogP contribution in [0.5, 0.6) is 17.2 Å². The van der Waals surface area contributed by atoms with Crippen LogP contribution in [0.4, 0.5) is 13.2 Å². The predicted molar refractivity (Wildman–Crippen MR) is 113 cm³/mol. The van der Waals surface area contributed by atoms with E-state index >= 15 is 0 Å². The molecule has 0 radical (unpaired) electrons. The van der Waals surface area contributed by atoms with Crippen molar-refractivity contribution in [2.24, 2.45) is 10.7 Å². The highest BCUT2D eigenvalue weighted by atomic mass is 127. The summed E-state index contributed by atoms with van der Waals surface area (Å²) in [7, 11) is 0. The van der Waals surface area contributed by atoms with Crippen LogP contribution in [-0.2, 0) is 13.1 Å². The third kappa shape index (κ3) is 7.52. The fourth-order valence-electron chi connectivity index (χ4n) is 2.54. The molecule has 0 atom stereocenters. The van der Waals surface area contributed by atoms with E-state index in [-0.39, 0.29) is 35.7 Å². The van der Waals surface area contributed by atoms with Gasteiger partial charge in [-0.25, -0.2) is 4.99 Å². The van der Waals surface area contributed by atoms with Gasteiger partial charge in [-0.2, -0.15) is 0 Å². The third-order valence-corrected chi connectivity index (χ3v) is 3.87. The number of alkyl halides is 3. The zero-order chi connectivity index (χ0) is 20.0. The van der Waals surface area contributed by atoms with Crippen LogP contribution < -0.4 is 25.3 Å². The number of guanidine groups is 1. The molecule has 0 fully saturated rings. The van der Waals surface area contributed by atoms with E-state index in [1.165, 1.54) is 24.3 Å². The standard InChI is InChI=1S/C19H20F3N3O3.HI/c20-19(21,22)28-15-5-2-13(3-6-15)11-24-18(23)25-12-14-4-7-16-17(10-14)27-9-1-8-26-16;/h2-7,10H,1,8-9,11-12H2,(H3,23,24,25);1H. The Morgan fingerprint density at radius 2 is 1.69 bits per heavy atom. The van der Waals surface area contributed by atoms with E-state index in [1.807, 2.05) is 18.2 Å². The van der Waals surface area contributed by atoms with Crippen LogP contribution in [0.2, 0.25) is 0 Å². The summed E-state index contributed by atoms with van der Waals surface area (Å²) in [4.78, 5) is 4.26. The summed E-state index contributed by atoms with van der Waals surface area (Å²) in [6.45, 7) is 1.91. The molecule has 3 rings (SSSR count). The Morgan fingerprint density at radius 1 is 1.03 bits per heavy atom. The van der Waals surface area contributed by atoms with Gasteiger partial charge in [0.15, 0.2) is 17.5 Å². The number of nitrogens with two attached hydrogens (primary N) is 1. The average molecular weight is 523 g/mol. The van der Waals surface area contributed by atoms with Crippen LogP contribution in [0.1, 0.15) is 17.5 Å². The normalized spacial score (nSPS) is 13.8. The van der Waals surface area contributed by atoms with Gasteiger partial charge < -0.3 is 25.3 Å². The first-order valence-electron chi connectivity index (χ1n) is 8.66. The molecule has 10 heteroatoms. The van der Waals surface area contributed by atoms with Gasteiger partial charge in [0, 0.05) is 13.0 Å². The minimum absolute atomic E-state index is 0. The zero-order valence-electron chi connectivity index (χ0n) is 15.4. The van der Waals surface area contributed by atoms with Gasteiger partial charge in [0.25, 0.3) is 0 Å². The van der Waals surface area contributed by atoms with Gasteiger partial charge in [-0.3, -0.25) is 0 Å². The molecule has 29 heavy (non-hydrogen) atoms. The lowest BCUT2D eigenvalue weighted by atomic mass is 10.2. The molecule has 0 amide bonds. The van der Waals surface area contributed by atoms with Crippen LogP contribution in [0, 0.1) is 0 Å². The zero-order valence-corrected chi connectivity index (χ0v) is 17.7. The van der Waals surface area contributed by atoms with E-state index in [4.69, 9.17) is 15.2 Å². The maximum atomic E-state index is 12.2. The van der Waals surface area contributed by atoms with Gasteiger partial charge in [-0.15, -0.1) is 37.1 Å². The monoisotopic (exact) mass is 523 g/mol. The average Bonchev–Trinajstić information content (AvgIpc) is 2.89. The number of ether oxygens (including phenoxy) is 3. The van der Waals surface area contributed by atoms with Crippen LogP contribution in [-0.4, -0.2) is 25.5 Å². The fourth-order valence-corrected chi connectivity index (χ4v) is 2.54. The number of nitrogens with one attached hydrogen (secondary N) is 1. The Labute approximate surface area is 183 Å². The lowest BCUT2D eigenvalue weighted by Gasteiger charge is -2.10. The van der Waals surface area contributed by atoms with Gasteiger partial charge in [-0.1, -0.05) is 18.2 Å². The molecule has 1 aliphatic heterocycles. The van der Waals surface area contributed by atoms with Gasteiger partial charge in [0.1, 0.15) is 5.75 Å². The van der Waals surface area contributed by atoms with E-state index in [2.05, 4.69) is 15.0 Å². The van der Waals surface area contributed by atoms with Gasteiger partial charge in [0.05, 0.1) is 19.8 Å². The Kier molecular flexibility index (Phi) is 8.23. The molecule has 0 saturated heterocycles. The third-order valence-electron chi connectivity index (χ3n) is 3.87. The van der Waals surface area contributed by atoms with Crippen molar-refractivity contribution in [2.75, 3.05) is 13.2 Å². The van der Waals surface area contributed by atoms with Gasteiger partial charge in [0.2, 0.25) is 0 Å². The Bertz CT molecular complexity index is 830. The molecular weight excluding hydrogens is 502 g/mol. The van der Waals surface area contributed by atoms with Crippen molar-refractivity contribution in [1.82, 2.24) is 5.32 Å². The maximum Gasteiger partial charge on any atom is 0.573 e. The molecule has 0 aromatic heterocycles. The summed E-state index contributed by atoms with van der Waals surface area (Å²) in [6.07, 6.45) is -3.87. The minimum Gasteiger partial charge on any atom is -0.490 e. The molecule has 1 heterocycles. The number of hydrogen-bond donors (Lipinski definition) is 2. The quantitative estimate of drug-likeness (QED) is 0.353. The molecule has 6 nitrogen and oxygen atoms in total. The number of halogens is 4. The van der Waals surface area contributed by atoms with Crippen molar-refractivity contribution in [1.29, 1.82) is 0 Å². The number of rotatable bonds is 5. The van der Waals surface area contributed by atoms with Crippen LogP contribution in [0.25, 0.3) is 0 Å². The second-order valence-electron chi connectivity index (χ2n) is 6.08. The molecule has 0 aliphatic carbocycles. The predicted octanol–water partition coefficient (Wildman–Crippen LogP) is 3.97. The van der Waals surface area contributed by atoms with Crippen molar-refractivity contribution in [3.05, 3.63) is 53.6 Å². The number of benzene rings is 2. The first-order chi connectivity index (χ1) is 13.4. The van der Waals surface area contributed by atoms with Crippen molar-refractivity contribution in [3.8, 4) is 17.2 Å². The topological polar surface area (TPSA) is 78.1 Å². The van der Waals surface area contributed by atoms with E-state index in [0.717, 1.165) is 17.5 Å². The summed E-state index contributed by atoms with van der Waals surface area (Å²) in [5.74, 6) is 1.36. The highest BCUT2D eigenvalue weighted by molar-refractivity contribution is 14.0. The summed E-state index contributed by atoms with van der Waals surface area (Å²) >= 11 is 0. The molecule has 0 saturated carbocycles. The molecular formula is C19H21F3IN3O3. The number of hydrogen-bond acceptors (Lipinski definition) is 4. The van der Waals surface area contributed by atoms with Crippen LogP contribution >= 0.6 is 24.0 Å².